The monoisotopic (exact) mass is 388 g/mol. The van der Waals surface area contributed by atoms with Gasteiger partial charge < -0.3 is 15.3 Å². The van der Waals surface area contributed by atoms with E-state index in [0.717, 1.165) is 5.69 Å². The summed E-state index contributed by atoms with van der Waals surface area (Å²) < 4.78 is 13.3. The number of aliphatic hydroxyl groups excluding tert-OH is 2. The molecule has 1 aromatic heterocycles. The van der Waals surface area contributed by atoms with Gasteiger partial charge in [-0.1, -0.05) is 26.0 Å². The van der Waals surface area contributed by atoms with Crippen LogP contribution in [0.1, 0.15) is 49.7 Å². The van der Waals surface area contributed by atoms with Crippen LogP contribution in [-0.4, -0.2) is 43.5 Å². The van der Waals surface area contributed by atoms with E-state index < -0.39 is 24.6 Å². The van der Waals surface area contributed by atoms with Gasteiger partial charge in [0, 0.05) is 17.5 Å². The number of aromatic nitrogens is 2. The van der Waals surface area contributed by atoms with Crippen molar-refractivity contribution in [3.8, 4) is 11.3 Å². The van der Waals surface area contributed by atoms with Crippen molar-refractivity contribution in [1.82, 2.24) is 9.97 Å². The SMILES string of the molecule is Cc1nc(-c2ccc(F)cc2)c(/C=C/[C@@H](O)C[C@@H](O)CC(=O)O)c(C(C)C)n1. The van der Waals surface area contributed by atoms with Crippen LogP contribution in [0.4, 0.5) is 4.39 Å². The first-order valence-corrected chi connectivity index (χ1v) is 9.08. The van der Waals surface area contributed by atoms with Gasteiger partial charge in [-0.25, -0.2) is 14.4 Å². The molecule has 2 aromatic rings. The van der Waals surface area contributed by atoms with E-state index in [1.165, 1.54) is 18.2 Å². The van der Waals surface area contributed by atoms with Gasteiger partial charge in [0.25, 0.3) is 0 Å². The highest BCUT2D eigenvalue weighted by Gasteiger charge is 2.17. The summed E-state index contributed by atoms with van der Waals surface area (Å²) in [5, 5.41) is 28.5. The maximum atomic E-state index is 13.3. The summed E-state index contributed by atoms with van der Waals surface area (Å²) in [6.45, 7) is 5.75. The van der Waals surface area contributed by atoms with Gasteiger partial charge in [-0.15, -0.1) is 0 Å². The quantitative estimate of drug-likeness (QED) is 0.641. The maximum absolute atomic E-state index is 13.3. The molecule has 0 unspecified atom stereocenters. The number of aliphatic hydroxyl groups is 2. The Kier molecular flexibility index (Phi) is 7.37. The number of benzene rings is 1. The summed E-state index contributed by atoms with van der Waals surface area (Å²) in [6.07, 6.45) is 0.447. The third-order valence-electron chi connectivity index (χ3n) is 4.16. The predicted molar refractivity (Wildman–Crippen MR) is 104 cm³/mol. The molecule has 7 heteroatoms. The van der Waals surface area contributed by atoms with Crippen molar-refractivity contribution in [2.45, 2.75) is 51.7 Å². The second-order valence-electron chi connectivity index (χ2n) is 6.99. The van der Waals surface area contributed by atoms with Gasteiger partial charge in [-0.3, -0.25) is 4.79 Å². The molecule has 0 saturated heterocycles. The van der Waals surface area contributed by atoms with Crippen molar-refractivity contribution in [2.75, 3.05) is 0 Å². The Hall–Kier alpha value is -2.64. The van der Waals surface area contributed by atoms with Crippen LogP contribution in [0.3, 0.4) is 0 Å². The smallest absolute Gasteiger partial charge is 0.305 e. The Morgan fingerprint density at radius 3 is 2.39 bits per heavy atom. The lowest BCUT2D eigenvalue weighted by molar-refractivity contribution is -0.139. The van der Waals surface area contributed by atoms with E-state index in [4.69, 9.17) is 5.11 Å². The fraction of sp³-hybridized carbons (Fsp3) is 0.381. The standard InChI is InChI=1S/C21H25FN2O4/c1-12(2)20-18(9-8-16(25)10-17(26)11-19(27)28)21(24-13(3)23-20)14-4-6-15(22)7-5-14/h4-9,12,16-17,25-26H,10-11H2,1-3H3,(H,27,28)/b9-8+/t16-,17-/m1/s1. The van der Waals surface area contributed by atoms with Crippen molar-refractivity contribution < 1.29 is 24.5 Å². The fourth-order valence-electron chi connectivity index (χ4n) is 2.88. The summed E-state index contributed by atoms with van der Waals surface area (Å²) in [4.78, 5) is 19.7. The van der Waals surface area contributed by atoms with Gasteiger partial charge in [0.15, 0.2) is 0 Å². The van der Waals surface area contributed by atoms with E-state index >= 15 is 0 Å². The zero-order valence-corrected chi connectivity index (χ0v) is 16.1. The summed E-state index contributed by atoms with van der Waals surface area (Å²) in [5.74, 6) is -0.817. The molecule has 28 heavy (non-hydrogen) atoms. The van der Waals surface area contributed by atoms with Crippen LogP contribution in [0, 0.1) is 12.7 Å². The third-order valence-corrected chi connectivity index (χ3v) is 4.16. The molecule has 0 spiro atoms. The first-order valence-electron chi connectivity index (χ1n) is 9.08. The molecule has 2 atom stereocenters. The normalized spacial score (nSPS) is 13.8. The lowest BCUT2D eigenvalue weighted by Crippen LogP contribution is -2.19. The minimum atomic E-state index is -1.15. The van der Waals surface area contributed by atoms with E-state index in [2.05, 4.69) is 9.97 Å². The Balaban J connectivity index is 2.40. The highest BCUT2D eigenvalue weighted by molar-refractivity contribution is 5.73. The molecule has 0 bridgehead atoms. The van der Waals surface area contributed by atoms with Crippen molar-refractivity contribution in [2.24, 2.45) is 0 Å². The molecule has 6 nitrogen and oxygen atoms in total. The summed E-state index contributed by atoms with van der Waals surface area (Å²) in [6, 6.07) is 5.97. The summed E-state index contributed by atoms with van der Waals surface area (Å²) in [7, 11) is 0. The molecule has 0 aliphatic carbocycles. The van der Waals surface area contributed by atoms with Crippen LogP contribution in [0.15, 0.2) is 30.3 Å². The molecule has 0 aliphatic rings. The maximum Gasteiger partial charge on any atom is 0.305 e. The molecule has 1 aromatic carbocycles. The molecule has 0 amide bonds. The average molecular weight is 388 g/mol. The number of carboxylic acids is 1. The van der Waals surface area contributed by atoms with E-state index in [9.17, 15) is 19.4 Å². The highest BCUT2D eigenvalue weighted by atomic mass is 19.1. The number of hydrogen-bond donors (Lipinski definition) is 3. The summed E-state index contributed by atoms with van der Waals surface area (Å²) in [5.41, 5.74) is 2.81. The van der Waals surface area contributed by atoms with Crippen LogP contribution in [-0.2, 0) is 4.79 Å². The van der Waals surface area contributed by atoms with E-state index in [1.807, 2.05) is 13.8 Å². The topological polar surface area (TPSA) is 104 Å². The van der Waals surface area contributed by atoms with E-state index in [-0.39, 0.29) is 18.2 Å². The zero-order valence-electron chi connectivity index (χ0n) is 16.1. The number of rotatable bonds is 8. The van der Waals surface area contributed by atoms with Crippen LogP contribution in [0.25, 0.3) is 17.3 Å². The molecule has 0 radical (unpaired) electrons. The van der Waals surface area contributed by atoms with Gasteiger partial charge in [0.05, 0.1) is 30.0 Å². The number of nitrogens with zero attached hydrogens (tertiary/aromatic N) is 2. The number of carboxylic acid groups (broad SMARTS) is 1. The van der Waals surface area contributed by atoms with Gasteiger partial charge >= 0.3 is 5.97 Å². The Labute approximate surface area is 163 Å². The molecular weight excluding hydrogens is 363 g/mol. The molecule has 2 rings (SSSR count). The van der Waals surface area contributed by atoms with Gasteiger partial charge in [0.1, 0.15) is 11.6 Å². The van der Waals surface area contributed by atoms with Crippen molar-refractivity contribution >= 4 is 12.0 Å². The lowest BCUT2D eigenvalue weighted by Gasteiger charge is -2.16. The van der Waals surface area contributed by atoms with Crippen LogP contribution >= 0.6 is 0 Å². The van der Waals surface area contributed by atoms with Gasteiger partial charge in [0.2, 0.25) is 0 Å². The zero-order chi connectivity index (χ0) is 20.8. The van der Waals surface area contributed by atoms with E-state index in [1.54, 1.807) is 25.1 Å². The molecular formula is C21H25FN2O4. The molecule has 3 N–H and O–H groups in total. The van der Waals surface area contributed by atoms with Crippen molar-refractivity contribution in [3.63, 3.8) is 0 Å². The van der Waals surface area contributed by atoms with Gasteiger partial charge in [-0.2, -0.15) is 0 Å². The largest absolute Gasteiger partial charge is 0.481 e. The molecule has 0 saturated carbocycles. The second kappa shape index (κ2) is 9.52. The molecule has 0 fully saturated rings. The predicted octanol–water partition coefficient (Wildman–Crippen LogP) is 3.31. The number of halogens is 1. The summed E-state index contributed by atoms with van der Waals surface area (Å²) >= 11 is 0. The first kappa shape index (κ1) is 21.7. The molecule has 1 heterocycles. The highest BCUT2D eigenvalue weighted by Crippen LogP contribution is 2.29. The Morgan fingerprint density at radius 1 is 1.18 bits per heavy atom. The second-order valence-corrected chi connectivity index (χ2v) is 6.99. The van der Waals surface area contributed by atoms with Crippen molar-refractivity contribution in [3.05, 3.63) is 53.2 Å². The number of aliphatic carboxylic acids is 1. The minimum absolute atomic E-state index is 0.0790. The van der Waals surface area contributed by atoms with Gasteiger partial charge in [-0.05, 0) is 37.1 Å². The first-order chi connectivity index (χ1) is 13.2. The lowest BCUT2D eigenvalue weighted by atomic mass is 9.97. The molecule has 0 aliphatic heterocycles. The Bertz CT molecular complexity index is 850. The van der Waals surface area contributed by atoms with Crippen molar-refractivity contribution in [1.29, 1.82) is 0 Å². The number of carbonyl (C=O) groups is 1. The molecule has 150 valence electrons. The van der Waals surface area contributed by atoms with E-state index in [0.29, 0.717) is 22.6 Å². The Morgan fingerprint density at radius 2 is 1.82 bits per heavy atom. The van der Waals surface area contributed by atoms with Crippen LogP contribution in [0.2, 0.25) is 0 Å². The third kappa shape index (κ3) is 5.94. The fourth-order valence-corrected chi connectivity index (χ4v) is 2.88. The minimum Gasteiger partial charge on any atom is -0.481 e. The average Bonchev–Trinajstić information content (AvgIpc) is 2.59. The number of aryl methyl sites for hydroxylation is 1. The van der Waals surface area contributed by atoms with Crippen LogP contribution < -0.4 is 0 Å². The number of hydrogen-bond acceptors (Lipinski definition) is 5. The van der Waals surface area contributed by atoms with Crippen LogP contribution in [0.5, 0.6) is 0 Å².